The van der Waals surface area contributed by atoms with E-state index in [9.17, 15) is 0 Å². The number of benzene rings is 1. The fourth-order valence-corrected chi connectivity index (χ4v) is 2.52. The Morgan fingerprint density at radius 2 is 2.12 bits per heavy atom. The molecule has 2 heteroatoms. The summed E-state index contributed by atoms with van der Waals surface area (Å²) in [7, 11) is 0. The third kappa shape index (κ3) is 3.47. The largest absolute Gasteiger partial charge is 0.493 e. The number of hydrogen-bond acceptors (Lipinski definition) is 2. The molecule has 0 bridgehead atoms. The molecular formula is C15H23NO. The molecule has 1 aliphatic heterocycles. The van der Waals surface area contributed by atoms with Gasteiger partial charge in [-0.1, -0.05) is 26.0 Å². The number of aryl methyl sites for hydroxylation is 1. The van der Waals surface area contributed by atoms with Crippen LogP contribution in [0.2, 0.25) is 0 Å². The zero-order chi connectivity index (χ0) is 12.3. The van der Waals surface area contributed by atoms with Gasteiger partial charge in [0, 0.05) is 12.1 Å². The smallest absolute Gasteiger partial charge is 0.122 e. The molecule has 1 aliphatic rings. The molecule has 0 aromatic heterocycles. The Hall–Kier alpha value is -1.02. The summed E-state index contributed by atoms with van der Waals surface area (Å²) in [5.41, 5.74) is 2.79. The van der Waals surface area contributed by atoms with Gasteiger partial charge >= 0.3 is 0 Å². The molecule has 0 fully saturated rings. The lowest BCUT2D eigenvalue weighted by atomic mass is 9.99. The normalized spacial score (nSPS) is 16.5. The van der Waals surface area contributed by atoms with Crippen molar-refractivity contribution in [2.75, 3.05) is 6.61 Å². The van der Waals surface area contributed by atoms with E-state index in [1.165, 1.54) is 11.1 Å². The number of hydrogen-bond donors (Lipinski definition) is 1. The van der Waals surface area contributed by atoms with Crippen LogP contribution in [-0.2, 0) is 12.8 Å². The van der Waals surface area contributed by atoms with Gasteiger partial charge in [-0.25, -0.2) is 0 Å². The first kappa shape index (κ1) is 12.4. The summed E-state index contributed by atoms with van der Waals surface area (Å²) in [6, 6.07) is 7.71. The molecule has 17 heavy (non-hydrogen) atoms. The van der Waals surface area contributed by atoms with Crippen molar-refractivity contribution in [1.82, 2.24) is 5.32 Å². The second kappa shape index (κ2) is 5.54. The van der Waals surface area contributed by atoms with Crippen molar-refractivity contribution in [3.8, 4) is 5.75 Å². The van der Waals surface area contributed by atoms with Gasteiger partial charge in [0.1, 0.15) is 5.75 Å². The van der Waals surface area contributed by atoms with E-state index >= 15 is 0 Å². The van der Waals surface area contributed by atoms with Crippen molar-refractivity contribution in [3.63, 3.8) is 0 Å². The Bertz CT molecular complexity index is 373. The van der Waals surface area contributed by atoms with Crippen LogP contribution in [0.4, 0.5) is 0 Å². The van der Waals surface area contributed by atoms with Crippen LogP contribution >= 0.6 is 0 Å². The van der Waals surface area contributed by atoms with Gasteiger partial charge < -0.3 is 10.1 Å². The average molecular weight is 233 g/mol. The van der Waals surface area contributed by atoms with Crippen molar-refractivity contribution < 1.29 is 4.74 Å². The van der Waals surface area contributed by atoms with Crippen molar-refractivity contribution in [3.05, 3.63) is 29.3 Å². The highest BCUT2D eigenvalue weighted by Gasteiger charge is 2.12. The fraction of sp³-hybridized carbons (Fsp3) is 0.600. The molecule has 1 atom stereocenters. The summed E-state index contributed by atoms with van der Waals surface area (Å²) in [5, 5.41) is 3.54. The quantitative estimate of drug-likeness (QED) is 0.863. The first-order chi connectivity index (χ1) is 8.15. The Morgan fingerprint density at radius 3 is 2.88 bits per heavy atom. The summed E-state index contributed by atoms with van der Waals surface area (Å²) in [6.07, 6.45) is 3.40. The zero-order valence-corrected chi connectivity index (χ0v) is 11.1. The van der Waals surface area contributed by atoms with E-state index < -0.39 is 0 Å². The number of fused-ring (bicyclic) bond motifs is 1. The van der Waals surface area contributed by atoms with E-state index in [1.54, 1.807) is 0 Å². The zero-order valence-electron chi connectivity index (χ0n) is 11.1. The van der Waals surface area contributed by atoms with E-state index in [1.807, 2.05) is 0 Å². The second-order valence-electron chi connectivity index (χ2n) is 5.32. The Balaban J connectivity index is 2.01. The van der Waals surface area contributed by atoms with Gasteiger partial charge in [-0.3, -0.25) is 0 Å². The molecule has 2 nitrogen and oxygen atoms in total. The number of nitrogens with one attached hydrogen (secondary N) is 1. The molecule has 0 radical (unpaired) electrons. The molecule has 94 valence electrons. The van der Waals surface area contributed by atoms with Gasteiger partial charge in [0.2, 0.25) is 0 Å². The van der Waals surface area contributed by atoms with Crippen LogP contribution in [0.15, 0.2) is 18.2 Å². The van der Waals surface area contributed by atoms with Gasteiger partial charge in [-0.2, -0.15) is 0 Å². The maximum atomic E-state index is 5.63. The summed E-state index contributed by atoms with van der Waals surface area (Å²) in [4.78, 5) is 0. The lowest BCUT2D eigenvalue weighted by Crippen LogP contribution is -2.33. The highest BCUT2D eigenvalue weighted by atomic mass is 16.5. The van der Waals surface area contributed by atoms with Gasteiger partial charge in [-0.05, 0) is 43.4 Å². The average Bonchev–Trinajstić information content (AvgIpc) is 2.27. The fourth-order valence-electron chi connectivity index (χ4n) is 2.52. The minimum atomic E-state index is 0.526. The van der Waals surface area contributed by atoms with E-state index in [-0.39, 0.29) is 0 Å². The van der Waals surface area contributed by atoms with Crippen molar-refractivity contribution in [1.29, 1.82) is 0 Å². The van der Waals surface area contributed by atoms with Gasteiger partial charge in [-0.15, -0.1) is 0 Å². The van der Waals surface area contributed by atoms with Crippen LogP contribution in [0.25, 0.3) is 0 Å². The highest BCUT2D eigenvalue weighted by molar-refractivity contribution is 5.38. The molecule has 2 rings (SSSR count). The second-order valence-corrected chi connectivity index (χ2v) is 5.32. The molecular weight excluding hydrogens is 210 g/mol. The highest BCUT2D eigenvalue weighted by Crippen LogP contribution is 2.25. The Labute approximate surface area is 104 Å². The molecule has 0 amide bonds. The lowest BCUT2D eigenvalue weighted by molar-refractivity contribution is 0.288. The minimum absolute atomic E-state index is 0.526. The third-order valence-corrected chi connectivity index (χ3v) is 3.13. The van der Waals surface area contributed by atoms with Crippen LogP contribution in [0.5, 0.6) is 5.75 Å². The first-order valence-electron chi connectivity index (χ1n) is 6.66. The molecule has 1 aromatic carbocycles. The van der Waals surface area contributed by atoms with E-state index in [0.29, 0.717) is 12.1 Å². The first-order valence-corrected chi connectivity index (χ1v) is 6.66. The SMILES string of the molecule is CC(C)NC(C)Cc1ccc2c(c1)CCCO2. The predicted octanol–water partition coefficient (Wildman–Crippen LogP) is 2.94. The monoisotopic (exact) mass is 233 g/mol. The van der Waals surface area contributed by atoms with E-state index in [0.717, 1.165) is 31.6 Å². The summed E-state index contributed by atoms with van der Waals surface area (Å²) >= 11 is 0. The Morgan fingerprint density at radius 1 is 1.29 bits per heavy atom. The number of ether oxygens (including phenoxy) is 1. The van der Waals surface area contributed by atoms with Crippen LogP contribution < -0.4 is 10.1 Å². The van der Waals surface area contributed by atoms with E-state index in [4.69, 9.17) is 4.74 Å². The predicted molar refractivity (Wildman–Crippen MR) is 71.7 cm³/mol. The van der Waals surface area contributed by atoms with E-state index in [2.05, 4.69) is 44.3 Å². The maximum Gasteiger partial charge on any atom is 0.122 e. The van der Waals surface area contributed by atoms with Crippen molar-refractivity contribution in [2.24, 2.45) is 0 Å². The molecule has 0 aliphatic carbocycles. The molecule has 1 unspecified atom stereocenters. The Kier molecular flexibility index (Phi) is 4.06. The summed E-state index contributed by atoms with van der Waals surface area (Å²) < 4.78 is 5.63. The molecule has 0 saturated carbocycles. The van der Waals surface area contributed by atoms with Gasteiger partial charge in [0.05, 0.1) is 6.61 Å². The van der Waals surface area contributed by atoms with Gasteiger partial charge in [0.15, 0.2) is 0 Å². The van der Waals surface area contributed by atoms with Gasteiger partial charge in [0.25, 0.3) is 0 Å². The summed E-state index contributed by atoms with van der Waals surface area (Å²) in [6.45, 7) is 7.50. The summed E-state index contributed by atoms with van der Waals surface area (Å²) in [5.74, 6) is 1.09. The van der Waals surface area contributed by atoms with Crippen LogP contribution in [0.3, 0.4) is 0 Å². The number of rotatable bonds is 4. The molecule has 0 spiro atoms. The third-order valence-electron chi connectivity index (χ3n) is 3.13. The van der Waals surface area contributed by atoms with Crippen LogP contribution in [0, 0.1) is 0 Å². The maximum absolute atomic E-state index is 5.63. The van der Waals surface area contributed by atoms with Crippen molar-refractivity contribution in [2.45, 2.75) is 52.1 Å². The molecule has 1 aromatic rings. The minimum Gasteiger partial charge on any atom is -0.493 e. The van der Waals surface area contributed by atoms with Crippen LogP contribution in [-0.4, -0.2) is 18.7 Å². The molecule has 0 saturated heterocycles. The van der Waals surface area contributed by atoms with Crippen molar-refractivity contribution >= 4 is 0 Å². The standard InChI is InChI=1S/C15H23NO/c1-11(2)16-12(3)9-13-6-7-15-14(10-13)5-4-8-17-15/h6-7,10-12,16H,4-5,8-9H2,1-3H3. The molecule has 1 heterocycles. The lowest BCUT2D eigenvalue weighted by Gasteiger charge is -2.20. The molecule has 1 N–H and O–H groups in total. The van der Waals surface area contributed by atoms with Crippen LogP contribution in [0.1, 0.15) is 38.3 Å². The topological polar surface area (TPSA) is 21.3 Å².